The molecule has 1 aromatic carbocycles. The fourth-order valence-corrected chi connectivity index (χ4v) is 4.61. The number of methoxy groups -OCH3 is 1. The first-order valence-electron chi connectivity index (χ1n) is 9.12. The summed E-state index contributed by atoms with van der Waals surface area (Å²) in [6, 6.07) is 1.41. The number of ether oxygens (including phenoxy) is 2. The Balaban J connectivity index is 1.86. The van der Waals surface area contributed by atoms with Crippen LogP contribution in [-0.2, 0) is 14.3 Å². The van der Waals surface area contributed by atoms with Crippen LogP contribution in [0.1, 0.15) is 37.7 Å². The van der Waals surface area contributed by atoms with E-state index in [1.165, 1.54) is 13.2 Å². The summed E-state index contributed by atoms with van der Waals surface area (Å²) < 4.78 is 25.9. The number of amides is 2. The van der Waals surface area contributed by atoms with E-state index >= 15 is 4.39 Å². The van der Waals surface area contributed by atoms with E-state index < -0.39 is 23.1 Å². The van der Waals surface area contributed by atoms with Crippen LogP contribution in [0, 0.1) is 5.82 Å². The zero-order chi connectivity index (χ0) is 20.0. The lowest BCUT2D eigenvalue weighted by Gasteiger charge is -2.25. The molecule has 0 spiro atoms. The number of imide groups is 1. The Bertz CT molecular complexity index is 915. The molecule has 8 heteroatoms. The van der Waals surface area contributed by atoms with Crippen molar-refractivity contribution in [2.45, 2.75) is 37.5 Å². The number of thiol groups is 1. The highest BCUT2D eigenvalue weighted by Gasteiger charge is 2.42. The van der Waals surface area contributed by atoms with E-state index in [9.17, 15) is 9.59 Å². The van der Waals surface area contributed by atoms with Crippen molar-refractivity contribution in [2.75, 3.05) is 18.6 Å². The van der Waals surface area contributed by atoms with Crippen molar-refractivity contribution < 1.29 is 23.5 Å². The number of nitrogens with zero attached hydrogens (tertiary/aromatic N) is 1. The number of benzene rings is 1. The second-order valence-corrected chi connectivity index (χ2v) is 7.73. The van der Waals surface area contributed by atoms with Crippen molar-refractivity contribution in [3.63, 3.8) is 0 Å². The van der Waals surface area contributed by atoms with Crippen LogP contribution in [0.4, 0.5) is 10.1 Å². The Morgan fingerprint density at radius 2 is 1.89 bits per heavy atom. The predicted molar refractivity (Wildman–Crippen MR) is 107 cm³/mol. The monoisotopic (exact) mass is 423 g/mol. The number of hydrogen-bond acceptors (Lipinski definition) is 5. The number of anilines is 1. The van der Waals surface area contributed by atoms with Crippen molar-refractivity contribution in [1.29, 1.82) is 0 Å². The van der Waals surface area contributed by atoms with Gasteiger partial charge in [-0.1, -0.05) is 17.7 Å². The van der Waals surface area contributed by atoms with Gasteiger partial charge in [0.05, 0.1) is 24.4 Å². The van der Waals surface area contributed by atoms with E-state index in [4.69, 9.17) is 21.1 Å². The van der Waals surface area contributed by atoms with Crippen LogP contribution < -0.4 is 9.64 Å². The molecule has 148 valence electrons. The highest BCUT2D eigenvalue weighted by molar-refractivity contribution is 7.81. The van der Waals surface area contributed by atoms with Gasteiger partial charge in [-0.3, -0.25) is 9.59 Å². The van der Waals surface area contributed by atoms with E-state index in [1.54, 1.807) is 0 Å². The number of rotatable bonds is 3. The maximum absolute atomic E-state index is 15.2. The summed E-state index contributed by atoms with van der Waals surface area (Å²) in [6.07, 6.45) is 5.31. The summed E-state index contributed by atoms with van der Waals surface area (Å²) in [6.45, 7) is 0.514. The largest absolute Gasteiger partial charge is 0.492 e. The zero-order valence-electron chi connectivity index (χ0n) is 15.3. The third-order valence-electron chi connectivity index (χ3n) is 5.31. The van der Waals surface area contributed by atoms with E-state index in [1.807, 2.05) is 6.08 Å². The zero-order valence-corrected chi connectivity index (χ0v) is 16.9. The maximum Gasteiger partial charge on any atom is 0.261 e. The highest BCUT2D eigenvalue weighted by atomic mass is 35.5. The third kappa shape index (κ3) is 2.96. The van der Waals surface area contributed by atoms with Gasteiger partial charge in [0.25, 0.3) is 11.8 Å². The van der Waals surface area contributed by atoms with Gasteiger partial charge in [-0.05, 0) is 43.7 Å². The average molecular weight is 424 g/mol. The normalized spacial score (nSPS) is 22.5. The van der Waals surface area contributed by atoms with Crippen molar-refractivity contribution in [1.82, 2.24) is 0 Å². The Labute approximate surface area is 172 Å². The Kier molecular flexibility index (Phi) is 5.24. The van der Waals surface area contributed by atoms with Crippen LogP contribution in [0.2, 0.25) is 5.02 Å². The van der Waals surface area contributed by atoms with Gasteiger partial charge in [0, 0.05) is 16.7 Å². The lowest BCUT2D eigenvalue weighted by Crippen LogP contribution is -2.32. The molecule has 0 fully saturated rings. The molecule has 0 N–H and O–H groups in total. The molecule has 0 saturated heterocycles. The first kappa shape index (κ1) is 19.5. The van der Waals surface area contributed by atoms with Crippen molar-refractivity contribution >= 4 is 47.3 Å². The summed E-state index contributed by atoms with van der Waals surface area (Å²) in [5.74, 6) is -1.99. The molecule has 2 aliphatic heterocycles. The van der Waals surface area contributed by atoms with Gasteiger partial charge in [-0.25, -0.2) is 9.29 Å². The molecule has 2 heterocycles. The molecular formula is C20H19ClFNO4S. The van der Waals surface area contributed by atoms with E-state index in [0.717, 1.165) is 17.7 Å². The second kappa shape index (κ2) is 7.54. The number of carbonyl (C=O) groups excluding carboxylic acids is 2. The summed E-state index contributed by atoms with van der Waals surface area (Å²) >= 11 is 10.8. The summed E-state index contributed by atoms with van der Waals surface area (Å²) in [5.41, 5.74) is 1.34. The van der Waals surface area contributed by atoms with Crippen LogP contribution >= 0.6 is 24.2 Å². The molecule has 0 saturated carbocycles. The summed E-state index contributed by atoms with van der Waals surface area (Å²) in [5, 5.41) is 0.0522. The van der Waals surface area contributed by atoms with E-state index in [0.29, 0.717) is 48.2 Å². The minimum atomic E-state index is -0.842. The van der Waals surface area contributed by atoms with Gasteiger partial charge < -0.3 is 9.47 Å². The van der Waals surface area contributed by atoms with E-state index in [2.05, 4.69) is 12.6 Å². The van der Waals surface area contributed by atoms with Crippen molar-refractivity contribution in [3.8, 4) is 5.75 Å². The minimum absolute atomic E-state index is 0.0522. The Hall–Kier alpha value is -1.83. The van der Waals surface area contributed by atoms with E-state index in [-0.39, 0.29) is 16.5 Å². The van der Waals surface area contributed by atoms with Gasteiger partial charge in [0.15, 0.2) is 11.6 Å². The average Bonchev–Trinajstić information content (AvgIpc) is 2.95. The molecule has 1 atom stereocenters. The van der Waals surface area contributed by atoms with Gasteiger partial charge in [0.2, 0.25) is 0 Å². The standard InChI is InChI=1S/C20H19ClFNO4S/c1-26-17-15(21)13(12-7-4-8-27-20(12)28)9-14(16(17)22)23-18(24)10-5-2-3-6-11(10)19(23)25/h7,9,20,28H,2-6,8H2,1H3. The van der Waals surface area contributed by atoms with Crippen LogP contribution in [0.15, 0.2) is 23.3 Å². The molecule has 2 amide bonds. The predicted octanol–water partition coefficient (Wildman–Crippen LogP) is 4.29. The maximum atomic E-state index is 15.2. The van der Waals surface area contributed by atoms with Gasteiger partial charge in [-0.15, -0.1) is 12.6 Å². The van der Waals surface area contributed by atoms with Crippen molar-refractivity contribution in [2.24, 2.45) is 0 Å². The van der Waals surface area contributed by atoms with Gasteiger partial charge in [-0.2, -0.15) is 0 Å². The molecule has 4 rings (SSSR count). The van der Waals surface area contributed by atoms with Crippen LogP contribution in [0.25, 0.3) is 5.57 Å². The van der Waals surface area contributed by atoms with Gasteiger partial charge >= 0.3 is 0 Å². The van der Waals surface area contributed by atoms with Crippen LogP contribution in [0.5, 0.6) is 5.75 Å². The Morgan fingerprint density at radius 1 is 1.25 bits per heavy atom. The van der Waals surface area contributed by atoms with Crippen LogP contribution in [0.3, 0.4) is 0 Å². The van der Waals surface area contributed by atoms with Crippen molar-refractivity contribution in [3.05, 3.63) is 39.7 Å². The molecule has 0 radical (unpaired) electrons. The molecule has 1 unspecified atom stereocenters. The smallest absolute Gasteiger partial charge is 0.261 e. The molecule has 0 bridgehead atoms. The first-order chi connectivity index (χ1) is 13.5. The fraction of sp³-hybridized carbons (Fsp3) is 0.400. The molecular weight excluding hydrogens is 405 g/mol. The lowest BCUT2D eigenvalue weighted by atomic mass is 9.93. The molecule has 5 nitrogen and oxygen atoms in total. The van der Waals surface area contributed by atoms with Crippen LogP contribution in [-0.4, -0.2) is 31.0 Å². The molecule has 3 aliphatic rings. The third-order valence-corrected chi connectivity index (χ3v) is 6.11. The lowest BCUT2D eigenvalue weighted by molar-refractivity contribution is -0.120. The number of halogens is 2. The SMILES string of the molecule is COc1c(F)c(N2C(=O)C3=C(CCCC3)C2=O)cc(C2=CCCOC2S)c1Cl. The summed E-state index contributed by atoms with van der Waals surface area (Å²) in [4.78, 5) is 26.7. The molecule has 28 heavy (non-hydrogen) atoms. The Morgan fingerprint density at radius 3 is 2.46 bits per heavy atom. The topological polar surface area (TPSA) is 55.8 Å². The number of carbonyl (C=O) groups is 2. The molecule has 1 aliphatic carbocycles. The quantitative estimate of drug-likeness (QED) is 0.582. The molecule has 0 aromatic heterocycles. The fourth-order valence-electron chi connectivity index (χ4n) is 3.94. The first-order valence-corrected chi connectivity index (χ1v) is 10.0. The summed E-state index contributed by atoms with van der Waals surface area (Å²) in [7, 11) is 1.29. The number of hydrogen-bond donors (Lipinski definition) is 1. The molecule has 1 aromatic rings. The second-order valence-electron chi connectivity index (χ2n) is 6.89. The van der Waals surface area contributed by atoms with Gasteiger partial charge in [0.1, 0.15) is 5.44 Å². The minimum Gasteiger partial charge on any atom is -0.492 e. The highest BCUT2D eigenvalue weighted by Crippen LogP contribution is 2.45.